The second-order valence-electron chi connectivity index (χ2n) is 3.71. The fourth-order valence-electron chi connectivity index (χ4n) is 1.91. The molecule has 0 spiro atoms. The molecule has 1 heterocycles. The highest BCUT2D eigenvalue weighted by molar-refractivity contribution is 8.13. The van der Waals surface area contributed by atoms with Gasteiger partial charge in [-0.3, -0.25) is 0 Å². The molecule has 0 unspecified atom stereocenters. The first kappa shape index (κ1) is 10.1. The largest absolute Gasteiger partial charge is 0.473 e. The Morgan fingerprint density at radius 1 is 1.29 bits per heavy atom. The summed E-state index contributed by atoms with van der Waals surface area (Å²) >= 11 is 1.75. The van der Waals surface area contributed by atoms with E-state index in [9.17, 15) is 0 Å². The van der Waals surface area contributed by atoms with E-state index in [0.717, 1.165) is 24.0 Å². The summed E-state index contributed by atoms with van der Waals surface area (Å²) in [5.74, 6) is 1.11. The molecule has 0 bridgehead atoms. The van der Waals surface area contributed by atoms with Crippen LogP contribution < -0.4 is 0 Å². The lowest BCUT2D eigenvalue weighted by Crippen LogP contribution is -2.08. The fourth-order valence-corrected chi connectivity index (χ4v) is 2.89. The van der Waals surface area contributed by atoms with Crippen LogP contribution in [-0.4, -0.2) is 17.6 Å². The maximum absolute atomic E-state index is 5.45. The smallest absolute Gasteiger partial charge is 0.250 e. The monoisotopic (exact) mass is 211 g/mol. The Balaban J connectivity index is 2.10. The SMILES string of the molecule is CCOC1=NC2=C(CCCCC2)CS1. The van der Waals surface area contributed by atoms with Crippen LogP contribution in [0, 0.1) is 0 Å². The number of aliphatic imine (C=N–C) groups is 1. The maximum Gasteiger partial charge on any atom is 0.250 e. The minimum atomic E-state index is 0.731. The van der Waals surface area contributed by atoms with Gasteiger partial charge in [0.25, 0.3) is 5.23 Å². The van der Waals surface area contributed by atoms with Crippen molar-refractivity contribution >= 4 is 17.0 Å². The predicted molar refractivity (Wildman–Crippen MR) is 61.6 cm³/mol. The first-order valence-corrected chi connectivity index (χ1v) is 6.44. The molecule has 1 aliphatic heterocycles. The van der Waals surface area contributed by atoms with E-state index in [2.05, 4.69) is 4.99 Å². The van der Waals surface area contributed by atoms with E-state index >= 15 is 0 Å². The van der Waals surface area contributed by atoms with Crippen molar-refractivity contribution in [3.63, 3.8) is 0 Å². The van der Waals surface area contributed by atoms with Crippen LogP contribution in [0.15, 0.2) is 16.3 Å². The third kappa shape index (κ3) is 2.32. The second-order valence-corrected chi connectivity index (χ2v) is 4.64. The number of allylic oxidation sites excluding steroid dienone is 1. The first-order valence-electron chi connectivity index (χ1n) is 5.45. The van der Waals surface area contributed by atoms with Gasteiger partial charge in [-0.15, -0.1) is 0 Å². The lowest BCUT2D eigenvalue weighted by Gasteiger charge is -2.16. The zero-order chi connectivity index (χ0) is 9.80. The molecule has 2 rings (SSSR count). The van der Waals surface area contributed by atoms with Crippen LogP contribution in [0.3, 0.4) is 0 Å². The molecule has 0 amide bonds. The minimum Gasteiger partial charge on any atom is -0.473 e. The summed E-state index contributed by atoms with van der Waals surface area (Å²) < 4.78 is 5.45. The van der Waals surface area contributed by atoms with E-state index in [0.29, 0.717) is 0 Å². The summed E-state index contributed by atoms with van der Waals surface area (Å²) in [5.41, 5.74) is 2.89. The summed E-state index contributed by atoms with van der Waals surface area (Å²) in [7, 11) is 0. The molecule has 2 aliphatic rings. The average molecular weight is 211 g/mol. The molecule has 0 radical (unpaired) electrons. The molecule has 78 valence electrons. The standard InChI is InChI=1S/C11H17NOS/c1-2-13-11-12-10-7-5-3-4-6-9(10)8-14-11/h2-8H2,1H3. The van der Waals surface area contributed by atoms with Crippen LogP contribution in [0.4, 0.5) is 0 Å². The number of nitrogens with zero attached hydrogens (tertiary/aromatic N) is 1. The number of thioether (sulfide) groups is 1. The van der Waals surface area contributed by atoms with Gasteiger partial charge < -0.3 is 4.74 Å². The Bertz CT molecular complexity index is 270. The summed E-state index contributed by atoms with van der Waals surface area (Å²) in [6.45, 7) is 2.74. The minimum absolute atomic E-state index is 0.731. The molecule has 0 N–H and O–H groups in total. The van der Waals surface area contributed by atoms with Crippen molar-refractivity contribution in [2.45, 2.75) is 39.0 Å². The van der Waals surface area contributed by atoms with Gasteiger partial charge in [-0.25, -0.2) is 4.99 Å². The molecule has 2 nitrogen and oxygen atoms in total. The predicted octanol–water partition coefficient (Wildman–Crippen LogP) is 3.34. The number of ether oxygens (including phenoxy) is 1. The van der Waals surface area contributed by atoms with Crippen LogP contribution in [0.2, 0.25) is 0 Å². The van der Waals surface area contributed by atoms with Gasteiger partial charge >= 0.3 is 0 Å². The normalized spacial score (nSPS) is 22.5. The Hall–Kier alpha value is -0.440. The molecular weight excluding hydrogens is 194 g/mol. The third-order valence-electron chi connectivity index (χ3n) is 2.66. The highest BCUT2D eigenvalue weighted by atomic mass is 32.2. The molecule has 3 heteroatoms. The van der Waals surface area contributed by atoms with E-state index in [-0.39, 0.29) is 0 Å². The molecule has 0 aromatic rings. The lowest BCUT2D eigenvalue weighted by molar-refractivity contribution is 0.337. The fraction of sp³-hybridized carbons (Fsp3) is 0.727. The van der Waals surface area contributed by atoms with E-state index in [4.69, 9.17) is 4.74 Å². The number of hydrogen-bond acceptors (Lipinski definition) is 3. The zero-order valence-corrected chi connectivity index (χ0v) is 9.53. The van der Waals surface area contributed by atoms with Crippen LogP contribution in [0.25, 0.3) is 0 Å². The van der Waals surface area contributed by atoms with Crippen molar-refractivity contribution in [1.82, 2.24) is 0 Å². The van der Waals surface area contributed by atoms with Crippen LogP contribution in [-0.2, 0) is 4.74 Å². The Morgan fingerprint density at radius 3 is 3.00 bits per heavy atom. The van der Waals surface area contributed by atoms with Gasteiger partial charge in [0.2, 0.25) is 0 Å². The van der Waals surface area contributed by atoms with Crippen molar-refractivity contribution in [2.75, 3.05) is 12.4 Å². The van der Waals surface area contributed by atoms with Gasteiger partial charge in [0, 0.05) is 11.4 Å². The summed E-state index contributed by atoms with van der Waals surface area (Å²) in [5, 5.41) is 0.883. The van der Waals surface area contributed by atoms with Gasteiger partial charge in [-0.05, 0) is 38.2 Å². The van der Waals surface area contributed by atoms with E-state index < -0.39 is 0 Å². The van der Waals surface area contributed by atoms with Crippen molar-refractivity contribution in [1.29, 1.82) is 0 Å². The average Bonchev–Trinajstić information content (AvgIpc) is 2.42. The van der Waals surface area contributed by atoms with Gasteiger partial charge in [-0.1, -0.05) is 18.2 Å². The molecule has 0 saturated carbocycles. The molecule has 1 aliphatic carbocycles. The van der Waals surface area contributed by atoms with Crippen molar-refractivity contribution in [3.05, 3.63) is 11.3 Å². The molecular formula is C11H17NOS. The number of rotatable bonds is 1. The molecule has 0 fully saturated rings. The van der Waals surface area contributed by atoms with Crippen molar-refractivity contribution in [2.24, 2.45) is 4.99 Å². The Morgan fingerprint density at radius 2 is 2.14 bits per heavy atom. The lowest BCUT2D eigenvalue weighted by atomic mass is 10.1. The third-order valence-corrected chi connectivity index (χ3v) is 3.61. The van der Waals surface area contributed by atoms with Gasteiger partial charge in [0.05, 0.1) is 6.61 Å². The summed E-state index contributed by atoms with van der Waals surface area (Å²) in [4.78, 5) is 4.59. The Labute approximate surface area is 89.8 Å². The molecule has 14 heavy (non-hydrogen) atoms. The highest BCUT2D eigenvalue weighted by Crippen LogP contribution is 2.31. The molecule has 0 aromatic carbocycles. The highest BCUT2D eigenvalue weighted by Gasteiger charge is 2.17. The van der Waals surface area contributed by atoms with Crippen LogP contribution >= 0.6 is 11.8 Å². The van der Waals surface area contributed by atoms with Gasteiger partial charge in [-0.2, -0.15) is 0 Å². The van der Waals surface area contributed by atoms with E-state index in [1.54, 1.807) is 17.3 Å². The Kier molecular flexibility index (Phi) is 3.51. The summed E-state index contributed by atoms with van der Waals surface area (Å²) in [6.07, 6.45) is 6.42. The van der Waals surface area contributed by atoms with E-state index in [1.807, 2.05) is 6.92 Å². The summed E-state index contributed by atoms with van der Waals surface area (Å²) in [6, 6.07) is 0. The van der Waals surface area contributed by atoms with Gasteiger partial charge in [0.15, 0.2) is 0 Å². The van der Waals surface area contributed by atoms with E-state index in [1.165, 1.54) is 31.4 Å². The zero-order valence-electron chi connectivity index (χ0n) is 8.71. The number of hydrogen-bond donors (Lipinski definition) is 0. The first-order chi connectivity index (χ1) is 6.90. The topological polar surface area (TPSA) is 21.6 Å². The van der Waals surface area contributed by atoms with Gasteiger partial charge in [0.1, 0.15) is 0 Å². The van der Waals surface area contributed by atoms with Crippen molar-refractivity contribution < 1.29 is 4.74 Å². The van der Waals surface area contributed by atoms with Crippen LogP contribution in [0.1, 0.15) is 39.0 Å². The second kappa shape index (κ2) is 4.87. The van der Waals surface area contributed by atoms with Crippen molar-refractivity contribution in [3.8, 4) is 0 Å². The molecule has 0 aromatic heterocycles. The quantitative estimate of drug-likeness (QED) is 0.663. The molecule has 0 atom stereocenters. The molecule has 0 saturated heterocycles. The maximum atomic E-state index is 5.45. The van der Waals surface area contributed by atoms with Crippen LogP contribution in [0.5, 0.6) is 0 Å².